The van der Waals surface area contributed by atoms with E-state index in [4.69, 9.17) is 4.52 Å². The number of fused-ring (bicyclic) bond motifs is 1. The molecule has 0 unspecified atom stereocenters. The number of para-hydroxylation sites is 1. The molecule has 7 nitrogen and oxygen atoms in total. The smallest absolute Gasteiger partial charge is 0.257 e. The minimum absolute atomic E-state index is 0.228. The second-order valence-corrected chi connectivity index (χ2v) is 5.22. The Morgan fingerprint density at radius 3 is 2.88 bits per heavy atom. The molecule has 0 atom stereocenters. The quantitative estimate of drug-likeness (QED) is 0.627. The lowest BCUT2D eigenvalue weighted by Crippen LogP contribution is -2.14. The van der Waals surface area contributed by atoms with E-state index < -0.39 is 0 Å². The summed E-state index contributed by atoms with van der Waals surface area (Å²) in [6.07, 6.45) is 3.45. The number of aryl methyl sites for hydroxylation is 1. The first-order chi connectivity index (χ1) is 11.7. The van der Waals surface area contributed by atoms with E-state index in [1.165, 1.54) is 0 Å². The van der Waals surface area contributed by atoms with Crippen LogP contribution in [0.1, 0.15) is 16.2 Å². The number of amides is 1. The fourth-order valence-electron chi connectivity index (χ4n) is 2.53. The van der Waals surface area contributed by atoms with Crippen molar-refractivity contribution in [3.63, 3.8) is 0 Å². The molecule has 0 saturated heterocycles. The SMILES string of the molecule is Cc1nc(-c2ccccc2NC(=O)c2cccn3nccc23)no1. The van der Waals surface area contributed by atoms with Crippen LogP contribution >= 0.6 is 0 Å². The van der Waals surface area contributed by atoms with E-state index in [-0.39, 0.29) is 5.91 Å². The molecule has 4 aromatic rings. The van der Waals surface area contributed by atoms with Gasteiger partial charge in [-0.15, -0.1) is 0 Å². The Hall–Kier alpha value is -3.48. The van der Waals surface area contributed by atoms with Crippen LogP contribution in [0, 0.1) is 6.92 Å². The van der Waals surface area contributed by atoms with Crippen LogP contribution in [0.2, 0.25) is 0 Å². The standard InChI is InChI=1S/C17H13N5O2/c1-11-19-16(21-24-11)12-5-2-3-7-14(12)20-17(23)13-6-4-10-22-15(13)8-9-18-22/h2-10H,1H3,(H,20,23). The van der Waals surface area contributed by atoms with E-state index in [1.807, 2.05) is 18.2 Å². The summed E-state index contributed by atoms with van der Waals surface area (Å²) in [6, 6.07) is 12.7. The van der Waals surface area contributed by atoms with Crippen molar-refractivity contribution in [3.05, 3.63) is 66.3 Å². The van der Waals surface area contributed by atoms with Crippen LogP contribution in [0.3, 0.4) is 0 Å². The lowest BCUT2D eigenvalue weighted by atomic mass is 10.1. The number of pyridine rings is 1. The van der Waals surface area contributed by atoms with Gasteiger partial charge in [0, 0.05) is 18.7 Å². The molecule has 1 aromatic carbocycles. The highest BCUT2D eigenvalue weighted by Crippen LogP contribution is 2.26. The second-order valence-electron chi connectivity index (χ2n) is 5.22. The molecular formula is C17H13N5O2. The summed E-state index contributed by atoms with van der Waals surface area (Å²) in [6.45, 7) is 1.72. The second kappa shape index (κ2) is 5.62. The summed E-state index contributed by atoms with van der Waals surface area (Å²) in [5.41, 5.74) is 2.59. The van der Waals surface area contributed by atoms with Gasteiger partial charge in [-0.1, -0.05) is 17.3 Å². The Balaban J connectivity index is 1.71. The van der Waals surface area contributed by atoms with Gasteiger partial charge in [0.25, 0.3) is 5.91 Å². The Morgan fingerprint density at radius 1 is 1.17 bits per heavy atom. The highest BCUT2D eigenvalue weighted by atomic mass is 16.5. The molecule has 1 N–H and O–H groups in total. The van der Waals surface area contributed by atoms with Crippen LogP contribution in [0.5, 0.6) is 0 Å². The number of carbonyl (C=O) groups excluding carboxylic acids is 1. The summed E-state index contributed by atoms with van der Waals surface area (Å²) in [4.78, 5) is 16.9. The molecular weight excluding hydrogens is 306 g/mol. The van der Waals surface area contributed by atoms with Crippen LogP contribution in [-0.2, 0) is 0 Å². The van der Waals surface area contributed by atoms with Crippen molar-refractivity contribution in [2.45, 2.75) is 6.92 Å². The van der Waals surface area contributed by atoms with E-state index >= 15 is 0 Å². The van der Waals surface area contributed by atoms with Crippen molar-refractivity contribution < 1.29 is 9.32 Å². The fourth-order valence-corrected chi connectivity index (χ4v) is 2.53. The Morgan fingerprint density at radius 2 is 2.04 bits per heavy atom. The van der Waals surface area contributed by atoms with Gasteiger partial charge in [0.05, 0.1) is 23.0 Å². The highest BCUT2D eigenvalue weighted by molar-refractivity contribution is 6.10. The van der Waals surface area contributed by atoms with Gasteiger partial charge in [-0.05, 0) is 30.3 Å². The van der Waals surface area contributed by atoms with E-state index in [1.54, 1.807) is 48.1 Å². The number of aromatic nitrogens is 4. The third-order valence-corrected chi connectivity index (χ3v) is 3.62. The van der Waals surface area contributed by atoms with E-state index in [2.05, 4.69) is 20.6 Å². The van der Waals surface area contributed by atoms with Crippen LogP contribution in [0.4, 0.5) is 5.69 Å². The van der Waals surface area contributed by atoms with Gasteiger partial charge in [-0.25, -0.2) is 4.52 Å². The summed E-state index contributed by atoms with van der Waals surface area (Å²) >= 11 is 0. The number of carbonyl (C=O) groups is 1. The zero-order chi connectivity index (χ0) is 16.5. The van der Waals surface area contributed by atoms with Crippen molar-refractivity contribution in [3.8, 4) is 11.4 Å². The van der Waals surface area contributed by atoms with Crippen molar-refractivity contribution in [2.24, 2.45) is 0 Å². The largest absolute Gasteiger partial charge is 0.339 e. The summed E-state index contributed by atoms with van der Waals surface area (Å²) in [5.74, 6) is 0.676. The summed E-state index contributed by atoms with van der Waals surface area (Å²) < 4.78 is 6.68. The third kappa shape index (κ3) is 2.41. The maximum Gasteiger partial charge on any atom is 0.257 e. The van der Waals surface area contributed by atoms with Crippen molar-refractivity contribution in [2.75, 3.05) is 5.32 Å². The monoisotopic (exact) mass is 319 g/mol. The van der Waals surface area contributed by atoms with Crippen molar-refractivity contribution in [1.82, 2.24) is 19.8 Å². The molecule has 1 amide bonds. The molecule has 24 heavy (non-hydrogen) atoms. The van der Waals surface area contributed by atoms with Gasteiger partial charge in [-0.3, -0.25) is 4.79 Å². The highest BCUT2D eigenvalue weighted by Gasteiger charge is 2.15. The molecule has 0 aliphatic rings. The predicted molar refractivity (Wildman–Crippen MR) is 87.6 cm³/mol. The Labute approximate surface area is 136 Å². The zero-order valence-electron chi connectivity index (χ0n) is 12.8. The molecule has 3 heterocycles. The molecule has 7 heteroatoms. The van der Waals surface area contributed by atoms with E-state index in [9.17, 15) is 4.79 Å². The molecule has 3 aromatic heterocycles. The van der Waals surface area contributed by atoms with Crippen LogP contribution in [0.15, 0.2) is 59.4 Å². The van der Waals surface area contributed by atoms with Crippen LogP contribution in [0.25, 0.3) is 16.9 Å². The predicted octanol–water partition coefficient (Wildman–Crippen LogP) is 2.95. The molecule has 118 valence electrons. The molecule has 0 bridgehead atoms. The van der Waals surface area contributed by atoms with Gasteiger partial charge < -0.3 is 9.84 Å². The molecule has 0 spiro atoms. The number of hydrogen-bond acceptors (Lipinski definition) is 5. The minimum atomic E-state index is -0.228. The number of rotatable bonds is 3. The van der Waals surface area contributed by atoms with E-state index in [0.29, 0.717) is 28.5 Å². The zero-order valence-corrected chi connectivity index (χ0v) is 12.8. The van der Waals surface area contributed by atoms with E-state index in [0.717, 1.165) is 5.52 Å². The molecule has 0 aliphatic carbocycles. The summed E-state index contributed by atoms with van der Waals surface area (Å²) in [7, 11) is 0. The molecule has 0 radical (unpaired) electrons. The third-order valence-electron chi connectivity index (χ3n) is 3.62. The average Bonchev–Trinajstić information content (AvgIpc) is 3.23. The summed E-state index contributed by atoms with van der Waals surface area (Å²) in [5, 5.41) is 11.0. The number of hydrogen-bond donors (Lipinski definition) is 1. The first-order valence-electron chi connectivity index (χ1n) is 7.36. The lowest BCUT2D eigenvalue weighted by molar-refractivity contribution is 0.102. The number of benzene rings is 1. The molecule has 0 saturated carbocycles. The van der Waals surface area contributed by atoms with Gasteiger partial charge in [0.2, 0.25) is 11.7 Å². The van der Waals surface area contributed by atoms with Crippen molar-refractivity contribution >= 4 is 17.1 Å². The van der Waals surface area contributed by atoms with Gasteiger partial charge in [-0.2, -0.15) is 10.1 Å². The Bertz CT molecular complexity index is 1030. The molecule has 0 aliphatic heterocycles. The number of anilines is 1. The maximum absolute atomic E-state index is 12.7. The van der Waals surface area contributed by atoms with Crippen LogP contribution < -0.4 is 5.32 Å². The minimum Gasteiger partial charge on any atom is -0.339 e. The van der Waals surface area contributed by atoms with Crippen molar-refractivity contribution in [1.29, 1.82) is 0 Å². The van der Waals surface area contributed by atoms with Crippen LogP contribution in [-0.4, -0.2) is 25.7 Å². The maximum atomic E-state index is 12.7. The topological polar surface area (TPSA) is 85.3 Å². The average molecular weight is 319 g/mol. The fraction of sp³-hybridized carbons (Fsp3) is 0.0588. The van der Waals surface area contributed by atoms with Gasteiger partial charge in [0.1, 0.15) is 0 Å². The first-order valence-corrected chi connectivity index (χ1v) is 7.36. The van der Waals surface area contributed by atoms with Gasteiger partial charge >= 0.3 is 0 Å². The molecule has 0 fully saturated rings. The lowest BCUT2D eigenvalue weighted by Gasteiger charge is -2.09. The number of nitrogens with zero attached hydrogens (tertiary/aromatic N) is 4. The molecule has 4 rings (SSSR count). The normalized spacial score (nSPS) is 10.9. The number of nitrogens with one attached hydrogen (secondary N) is 1. The Kier molecular flexibility index (Phi) is 3.31. The first kappa shape index (κ1) is 14.1. The van der Waals surface area contributed by atoms with Gasteiger partial charge in [0.15, 0.2) is 0 Å².